The number of phenolic OH excluding ortho intramolecular Hbond substituents is 2. The van der Waals surface area contributed by atoms with Gasteiger partial charge in [-0.05, 0) is 39.9 Å². The van der Waals surface area contributed by atoms with E-state index in [9.17, 15) is 19.8 Å². The van der Waals surface area contributed by atoms with Crippen LogP contribution in [-0.2, 0) is 16.0 Å². The predicted molar refractivity (Wildman–Crippen MR) is 163 cm³/mol. The molecule has 5 rings (SSSR count). The average molecular weight is 668 g/mol. The van der Waals surface area contributed by atoms with Gasteiger partial charge in [-0.1, -0.05) is 113 Å². The predicted octanol–water partition coefficient (Wildman–Crippen LogP) is 8.42. The maximum absolute atomic E-state index is 13.4. The third kappa shape index (κ3) is 5.93. The van der Waals surface area contributed by atoms with Crippen LogP contribution in [-0.4, -0.2) is 34.9 Å². The summed E-state index contributed by atoms with van der Waals surface area (Å²) in [5, 5.41) is 21.1. The zero-order valence-corrected chi connectivity index (χ0v) is 25.1. The van der Waals surface area contributed by atoms with Crippen molar-refractivity contribution in [2.75, 3.05) is 6.61 Å². The van der Waals surface area contributed by atoms with E-state index in [0.717, 1.165) is 22.3 Å². The van der Waals surface area contributed by atoms with E-state index in [1.807, 2.05) is 48.5 Å². The Labute approximate surface area is 265 Å². The molecule has 12 heteroatoms. The highest BCUT2D eigenvalue weighted by atomic mass is 35.5. The van der Waals surface area contributed by atoms with Gasteiger partial charge in [0.1, 0.15) is 22.7 Å². The molecule has 0 bridgehead atoms. The minimum absolute atomic E-state index is 0.00167. The molecule has 1 amide bonds. The molecule has 1 aliphatic rings. The van der Waals surface area contributed by atoms with E-state index in [2.05, 4.69) is 5.32 Å². The van der Waals surface area contributed by atoms with Crippen molar-refractivity contribution >= 4 is 70.1 Å². The Bertz CT molecular complexity index is 1640. The first-order valence-corrected chi connectivity index (χ1v) is 14.3. The number of hydrogen-bond donors (Lipinski definition) is 3. The topological polar surface area (TPSA) is 105 Å². The monoisotopic (exact) mass is 665 g/mol. The lowest BCUT2D eigenvalue weighted by atomic mass is 9.98. The van der Waals surface area contributed by atoms with Gasteiger partial charge < -0.3 is 25.0 Å². The van der Waals surface area contributed by atoms with Crippen molar-refractivity contribution in [3.8, 4) is 28.4 Å². The third-order valence-corrected chi connectivity index (χ3v) is 9.01. The van der Waals surface area contributed by atoms with Gasteiger partial charge in [-0.15, -0.1) is 0 Å². The molecule has 0 aromatic heterocycles. The number of amides is 1. The first-order valence-electron chi connectivity index (χ1n) is 12.4. The summed E-state index contributed by atoms with van der Waals surface area (Å²) < 4.78 is 11.0. The number of aromatic hydroxyl groups is 2. The number of carbonyl (C=O) groups excluding carboxylic acids is 2. The summed E-state index contributed by atoms with van der Waals surface area (Å²) in [6.07, 6.45) is -1.06. The molecule has 4 aromatic carbocycles. The van der Waals surface area contributed by atoms with E-state index in [1.165, 1.54) is 18.2 Å². The van der Waals surface area contributed by atoms with E-state index < -0.39 is 23.9 Å². The summed E-state index contributed by atoms with van der Waals surface area (Å²) in [5.41, 5.74) is 4.54. The van der Waals surface area contributed by atoms with Crippen molar-refractivity contribution < 1.29 is 29.3 Å². The lowest BCUT2D eigenvalue weighted by Gasteiger charge is -2.20. The molecule has 7 nitrogen and oxygen atoms in total. The Morgan fingerprint density at radius 2 is 1.31 bits per heavy atom. The summed E-state index contributed by atoms with van der Waals surface area (Å²) in [6, 6.07) is 18.3. The fourth-order valence-electron chi connectivity index (χ4n) is 4.75. The molecule has 42 heavy (non-hydrogen) atoms. The number of phenols is 2. The number of hydrogen-bond acceptors (Lipinski definition) is 6. The Morgan fingerprint density at radius 3 is 1.88 bits per heavy atom. The van der Waals surface area contributed by atoms with Crippen molar-refractivity contribution in [1.29, 1.82) is 0 Å². The Morgan fingerprint density at radius 1 is 0.762 bits per heavy atom. The lowest BCUT2D eigenvalue weighted by molar-refractivity contribution is -0.136. The van der Waals surface area contributed by atoms with Crippen LogP contribution in [0.15, 0.2) is 66.7 Å². The maximum atomic E-state index is 13.4. The molecule has 0 heterocycles. The number of rotatable bonds is 7. The fraction of sp³-hybridized carbons (Fsp3) is 0.133. The number of halogens is 5. The summed E-state index contributed by atoms with van der Waals surface area (Å²) in [6.45, 7) is 0.00167. The van der Waals surface area contributed by atoms with Crippen LogP contribution in [0.1, 0.15) is 22.6 Å². The van der Waals surface area contributed by atoms with Gasteiger partial charge in [0, 0.05) is 12.3 Å². The van der Waals surface area contributed by atoms with Crippen LogP contribution in [0.2, 0.25) is 25.1 Å². The summed E-state index contributed by atoms with van der Waals surface area (Å²) in [7, 11) is 0. The van der Waals surface area contributed by atoms with Gasteiger partial charge in [0.05, 0.1) is 15.1 Å². The smallest absolute Gasteiger partial charge is 0.407 e. The molecule has 0 radical (unpaired) electrons. The zero-order valence-electron chi connectivity index (χ0n) is 21.3. The molecular weight excluding hydrogens is 648 g/mol. The number of benzene rings is 4. The second-order valence-corrected chi connectivity index (χ2v) is 11.3. The Hall–Kier alpha value is -3.33. The highest BCUT2D eigenvalue weighted by Crippen LogP contribution is 2.48. The Balaban J connectivity index is 1.37. The summed E-state index contributed by atoms with van der Waals surface area (Å²) in [4.78, 5) is 26.4. The van der Waals surface area contributed by atoms with Gasteiger partial charge in [-0.2, -0.15) is 0 Å². The normalized spacial score (nSPS) is 12.8. The van der Waals surface area contributed by atoms with Crippen LogP contribution in [0.3, 0.4) is 0 Å². The van der Waals surface area contributed by atoms with Crippen LogP contribution in [0.4, 0.5) is 4.79 Å². The van der Waals surface area contributed by atoms with Crippen molar-refractivity contribution in [2.24, 2.45) is 0 Å². The van der Waals surface area contributed by atoms with Crippen LogP contribution in [0.25, 0.3) is 11.1 Å². The SMILES string of the molecule is O=C(N[C@@H](Cc1ccc(O)c(O)c1)C(=O)Oc1c(Cl)c(Cl)c(Cl)c(Cl)c1Cl)OCC1c2ccccc2-c2ccccc21. The molecule has 1 aliphatic carbocycles. The molecule has 0 spiro atoms. The fourth-order valence-corrected chi connectivity index (χ4v) is 5.95. The van der Waals surface area contributed by atoms with Gasteiger partial charge >= 0.3 is 12.1 Å². The highest BCUT2D eigenvalue weighted by Gasteiger charge is 2.31. The lowest BCUT2D eigenvalue weighted by Crippen LogP contribution is -2.45. The number of alkyl carbamates (subject to hydrolysis) is 1. The minimum Gasteiger partial charge on any atom is -0.504 e. The summed E-state index contributed by atoms with van der Waals surface area (Å²) >= 11 is 30.7. The van der Waals surface area contributed by atoms with E-state index in [1.54, 1.807) is 0 Å². The van der Waals surface area contributed by atoms with Crippen LogP contribution in [0.5, 0.6) is 17.2 Å². The number of esters is 1. The molecule has 0 unspecified atom stereocenters. The second-order valence-electron chi connectivity index (χ2n) is 9.37. The third-order valence-electron chi connectivity index (χ3n) is 6.77. The first kappa shape index (κ1) is 30.1. The molecule has 1 atom stereocenters. The molecule has 3 N–H and O–H groups in total. The molecule has 216 valence electrons. The largest absolute Gasteiger partial charge is 0.504 e. The van der Waals surface area contributed by atoms with Crippen molar-refractivity contribution in [3.63, 3.8) is 0 Å². The molecular formula is C30H20Cl5NO6. The van der Waals surface area contributed by atoms with Crippen molar-refractivity contribution in [1.82, 2.24) is 5.32 Å². The van der Waals surface area contributed by atoms with E-state index in [0.29, 0.717) is 5.56 Å². The number of ether oxygens (including phenoxy) is 2. The van der Waals surface area contributed by atoms with Crippen molar-refractivity contribution in [2.45, 2.75) is 18.4 Å². The van der Waals surface area contributed by atoms with Crippen LogP contribution in [0, 0.1) is 0 Å². The zero-order chi connectivity index (χ0) is 30.1. The Kier molecular flexibility index (Phi) is 8.97. The second kappa shape index (κ2) is 12.5. The van der Waals surface area contributed by atoms with Gasteiger partial charge in [0.15, 0.2) is 17.2 Å². The molecule has 0 aliphatic heterocycles. The highest BCUT2D eigenvalue weighted by molar-refractivity contribution is 6.55. The molecule has 0 saturated carbocycles. The average Bonchev–Trinajstić information content (AvgIpc) is 3.31. The van der Waals surface area contributed by atoms with E-state index in [-0.39, 0.29) is 55.6 Å². The maximum Gasteiger partial charge on any atom is 0.407 e. The quantitative estimate of drug-likeness (QED) is 0.0601. The van der Waals surface area contributed by atoms with Gasteiger partial charge in [0.2, 0.25) is 0 Å². The van der Waals surface area contributed by atoms with Crippen molar-refractivity contribution in [3.05, 3.63) is 109 Å². The van der Waals surface area contributed by atoms with E-state index >= 15 is 0 Å². The van der Waals surface area contributed by atoms with E-state index in [4.69, 9.17) is 67.5 Å². The number of fused-ring (bicyclic) bond motifs is 3. The molecule has 0 fully saturated rings. The standard InChI is InChI=1S/C30H20Cl5NO6/c31-23-24(32)26(34)28(27(35)25(23)33)42-29(39)20(11-14-9-10-21(37)22(38)12-14)36-30(40)41-13-19-17-7-3-1-5-15(17)16-6-2-4-8-18(16)19/h1-10,12,19-20,37-38H,11,13H2,(H,36,40)/t20-/m0/s1. The summed E-state index contributed by atoms with van der Waals surface area (Å²) in [5.74, 6) is -2.32. The van der Waals surface area contributed by atoms with Crippen LogP contribution < -0.4 is 10.1 Å². The first-order chi connectivity index (χ1) is 20.1. The molecule has 4 aromatic rings. The number of carbonyl (C=O) groups is 2. The van der Waals surface area contributed by atoms with Gasteiger partial charge in [-0.25, -0.2) is 9.59 Å². The molecule has 0 saturated heterocycles. The number of nitrogens with one attached hydrogen (secondary N) is 1. The van der Waals surface area contributed by atoms with Crippen LogP contribution >= 0.6 is 58.0 Å². The van der Waals surface area contributed by atoms with Gasteiger partial charge in [-0.3, -0.25) is 0 Å². The van der Waals surface area contributed by atoms with Gasteiger partial charge in [0.25, 0.3) is 0 Å². The minimum atomic E-state index is -1.36.